The maximum absolute atomic E-state index is 11.9. The van der Waals surface area contributed by atoms with Crippen LogP contribution in [0.4, 0.5) is 5.69 Å². The van der Waals surface area contributed by atoms with Crippen molar-refractivity contribution >= 4 is 11.6 Å². The molecule has 1 saturated heterocycles. The molecular weight excluding hydrogens is 228 g/mol. The summed E-state index contributed by atoms with van der Waals surface area (Å²) in [7, 11) is 0. The van der Waals surface area contributed by atoms with E-state index >= 15 is 0 Å². The molecule has 98 valence electrons. The maximum atomic E-state index is 11.9. The van der Waals surface area contributed by atoms with E-state index in [1.54, 1.807) is 0 Å². The summed E-state index contributed by atoms with van der Waals surface area (Å²) >= 11 is 0. The van der Waals surface area contributed by atoms with Crippen molar-refractivity contribution < 1.29 is 9.90 Å². The Kier molecular flexibility index (Phi) is 3.57. The first kappa shape index (κ1) is 12.9. The summed E-state index contributed by atoms with van der Waals surface area (Å²) in [6, 6.07) is 5.83. The minimum absolute atomic E-state index is 0.0983. The Balaban J connectivity index is 2.36. The van der Waals surface area contributed by atoms with E-state index < -0.39 is 6.04 Å². The summed E-state index contributed by atoms with van der Waals surface area (Å²) in [5.41, 5.74) is 3.34. The van der Waals surface area contributed by atoms with Gasteiger partial charge in [-0.3, -0.25) is 4.79 Å². The van der Waals surface area contributed by atoms with Crippen LogP contribution in [0.2, 0.25) is 0 Å². The Morgan fingerprint density at radius 1 is 1.33 bits per heavy atom. The van der Waals surface area contributed by atoms with E-state index in [4.69, 9.17) is 0 Å². The number of aryl methyl sites for hydroxylation is 2. The first-order chi connectivity index (χ1) is 8.51. The van der Waals surface area contributed by atoms with Crippen molar-refractivity contribution in [2.24, 2.45) is 0 Å². The van der Waals surface area contributed by atoms with Gasteiger partial charge >= 0.3 is 0 Å². The van der Waals surface area contributed by atoms with Crippen LogP contribution >= 0.6 is 0 Å². The van der Waals surface area contributed by atoms with Crippen molar-refractivity contribution in [3.05, 3.63) is 29.3 Å². The van der Waals surface area contributed by atoms with Gasteiger partial charge in [0, 0.05) is 18.3 Å². The molecule has 2 N–H and O–H groups in total. The molecule has 4 nitrogen and oxygen atoms in total. The Labute approximate surface area is 108 Å². The number of hydrogen-bond acceptors (Lipinski definition) is 3. The van der Waals surface area contributed by atoms with Gasteiger partial charge in [0.1, 0.15) is 6.04 Å². The van der Waals surface area contributed by atoms with E-state index in [1.807, 2.05) is 25.7 Å². The SMILES string of the molecule is Cc1cc(C)cc(N2CC(C)NC(=O)C2CO)c1. The lowest BCUT2D eigenvalue weighted by Gasteiger charge is -2.39. The average Bonchev–Trinajstić information content (AvgIpc) is 2.26. The topological polar surface area (TPSA) is 52.6 Å². The summed E-state index contributed by atoms with van der Waals surface area (Å²) in [5.74, 6) is -0.101. The highest BCUT2D eigenvalue weighted by atomic mass is 16.3. The standard InChI is InChI=1S/C14H20N2O2/c1-9-4-10(2)6-12(5-9)16-7-11(3)15-14(18)13(16)8-17/h4-6,11,13,17H,7-8H2,1-3H3,(H,15,18). The van der Waals surface area contributed by atoms with Crippen molar-refractivity contribution in [3.63, 3.8) is 0 Å². The molecule has 4 heteroatoms. The second-order valence-electron chi connectivity index (χ2n) is 5.11. The van der Waals surface area contributed by atoms with Crippen LogP contribution in [0.15, 0.2) is 18.2 Å². The molecule has 18 heavy (non-hydrogen) atoms. The fourth-order valence-corrected chi connectivity index (χ4v) is 2.53. The van der Waals surface area contributed by atoms with Crippen LogP contribution in [0.3, 0.4) is 0 Å². The molecule has 0 saturated carbocycles. The van der Waals surface area contributed by atoms with Crippen LogP contribution in [0.25, 0.3) is 0 Å². The van der Waals surface area contributed by atoms with Gasteiger partial charge in [0.25, 0.3) is 0 Å². The molecule has 1 aliphatic rings. The number of benzene rings is 1. The minimum Gasteiger partial charge on any atom is -0.394 e. The predicted molar refractivity (Wildman–Crippen MR) is 71.7 cm³/mol. The number of carbonyl (C=O) groups is 1. The molecule has 1 aromatic rings. The monoisotopic (exact) mass is 248 g/mol. The summed E-state index contributed by atoms with van der Waals surface area (Å²) in [6.07, 6.45) is 0. The number of aliphatic hydroxyl groups excluding tert-OH is 1. The number of hydrogen-bond donors (Lipinski definition) is 2. The van der Waals surface area contributed by atoms with Crippen molar-refractivity contribution in [1.29, 1.82) is 0 Å². The van der Waals surface area contributed by atoms with Gasteiger partial charge in [-0.25, -0.2) is 0 Å². The first-order valence-corrected chi connectivity index (χ1v) is 6.27. The molecule has 1 fully saturated rings. The number of nitrogens with one attached hydrogen (secondary N) is 1. The van der Waals surface area contributed by atoms with Gasteiger partial charge in [-0.15, -0.1) is 0 Å². The zero-order valence-corrected chi connectivity index (χ0v) is 11.1. The number of piperazine rings is 1. The highest BCUT2D eigenvalue weighted by molar-refractivity contribution is 5.87. The Morgan fingerprint density at radius 2 is 1.94 bits per heavy atom. The molecule has 0 spiro atoms. The zero-order chi connectivity index (χ0) is 13.3. The summed E-state index contributed by atoms with van der Waals surface area (Å²) < 4.78 is 0. The average molecular weight is 248 g/mol. The molecule has 2 rings (SSSR count). The van der Waals surface area contributed by atoms with Crippen molar-refractivity contribution in [1.82, 2.24) is 5.32 Å². The van der Waals surface area contributed by atoms with Crippen LogP contribution in [0.5, 0.6) is 0 Å². The normalized spacial score (nSPS) is 24.0. The van der Waals surface area contributed by atoms with Crippen LogP contribution in [-0.2, 0) is 4.79 Å². The molecule has 0 aliphatic carbocycles. The lowest BCUT2D eigenvalue weighted by atomic mass is 10.1. The molecule has 2 unspecified atom stereocenters. The predicted octanol–water partition coefficient (Wildman–Crippen LogP) is 0.989. The second-order valence-corrected chi connectivity index (χ2v) is 5.11. The van der Waals surface area contributed by atoms with Crippen LogP contribution in [0, 0.1) is 13.8 Å². The largest absolute Gasteiger partial charge is 0.394 e. The lowest BCUT2D eigenvalue weighted by Crippen LogP contribution is -2.60. The molecule has 1 heterocycles. The van der Waals surface area contributed by atoms with Gasteiger partial charge in [-0.2, -0.15) is 0 Å². The third-order valence-corrected chi connectivity index (χ3v) is 3.25. The number of carbonyl (C=O) groups excluding carboxylic acids is 1. The minimum atomic E-state index is -0.484. The van der Waals surface area contributed by atoms with Crippen LogP contribution in [-0.4, -0.2) is 36.2 Å². The van der Waals surface area contributed by atoms with E-state index in [0.29, 0.717) is 0 Å². The van der Waals surface area contributed by atoms with E-state index in [1.165, 1.54) is 11.1 Å². The Bertz CT molecular complexity index is 439. The molecule has 0 bridgehead atoms. The van der Waals surface area contributed by atoms with Gasteiger partial charge in [-0.05, 0) is 44.0 Å². The van der Waals surface area contributed by atoms with Crippen molar-refractivity contribution in [2.75, 3.05) is 18.1 Å². The van der Waals surface area contributed by atoms with Crippen molar-refractivity contribution in [2.45, 2.75) is 32.9 Å². The second kappa shape index (κ2) is 4.98. The number of rotatable bonds is 2. The summed E-state index contributed by atoms with van der Waals surface area (Å²) in [5, 5.41) is 12.3. The molecule has 1 aromatic carbocycles. The van der Waals surface area contributed by atoms with Crippen LogP contribution < -0.4 is 10.2 Å². The van der Waals surface area contributed by atoms with Gasteiger partial charge < -0.3 is 15.3 Å². The first-order valence-electron chi connectivity index (χ1n) is 6.27. The molecule has 0 radical (unpaired) electrons. The third-order valence-electron chi connectivity index (χ3n) is 3.25. The highest BCUT2D eigenvalue weighted by Crippen LogP contribution is 2.23. The van der Waals surface area contributed by atoms with Crippen LogP contribution in [0.1, 0.15) is 18.1 Å². The van der Waals surface area contributed by atoms with Gasteiger partial charge in [0.15, 0.2) is 0 Å². The quantitative estimate of drug-likeness (QED) is 0.820. The molecule has 2 atom stereocenters. The number of amides is 1. The van der Waals surface area contributed by atoms with E-state index in [9.17, 15) is 9.90 Å². The van der Waals surface area contributed by atoms with Crippen molar-refractivity contribution in [3.8, 4) is 0 Å². The molecule has 1 amide bonds. The summed E-state index contributed by atoms with van der Waals surface area (Å²) in [4.78, 5) is 13.9. The molecule has 0 aromatic heterocycles. The van der Waals surface area contributed by atoms with E-state index in [2.05, 4.69) is 23.5 Å². The highest BCUT2D eigenvalue weighted by Gasteiger charge is 2.32. The van der Waals surface area contributed by atoms with Gasteiger partial charge in [-0.1, -0.05) is 6.07 Å². The van der Waals surface area contributed by atoms with Gasteiger partial charge in [0.05, 0.1) is 6.61 Å². The number of nitrogens with zero attached hydrogens (tertiary/aromatic N) is 1. The fourth-order valence-electron chi connectivity index (χ4n) is 2.53. The number of anilines is 1. The van der Waals surface area contributed by atoms with E-state index in [0.717, 1.165) is 12.2 Å². The Morgan fingerprint density at radius 3 is 2.50 bits per heavy atom. The number of aliphatic hydroxyl groups is 1. The zero-order valence-electron chi connectivity index (χ0n) is 11.1. The molecular formula is C14H20N2O2. The lowest BCUT2D eigenvalue weighted by molar-refractivity contribution is -0.125. The fraction of sp³-hybridized carbons (Fsp3) is 0.500. The summed E-state index contributed by atoms with van der Waals surface area (Å²) in [6.45, 7) is 6.61. The third kappa shape index (κ3) is 2.48. The smallest absolute Gasteiger partial charge is 0.245 e. The Hall–Kier alpha value is -1.55. The van der Waals surface area contributed by atoms with Gasteiger partial charge in [0.2, 0.25) is 5.91 Å². The molecule has 1 aliphatic heterocycles. The van der Waals surface area contributed by atoms with E-state index in [-0.39, 0.29) is 18.6 Å². The maximum Gasteiger partial charge on any atom is 0.245 e.